The van der Waals surface area contributed by atoms with Gasteiger partial charge >= 0.3 is 6.09 Å². The summed E-state index contributed by atoms with van der Waals surface area (Å²) in [7, 11) is 0. The predicted octanol–water partition coefficient (Wildman–Crippen LogP) is 1.91. The normalized spacial score (nSPS) is 31.3. The van der Waals surface area contributed by atoms with Crippen molar-refractivity contribution in [1.29, 1.82) is 0 Å². The van der Waals surface area contributed by atoms with Crippen molar-refractivity contribution in [2.24, 2.45) is 11.8 Å². The Morgan fingerprint density at radius 2 is 2.00 bits per heavy atom. The smallest absolute Gasteiger partial charge is 0.410 e. The average molecular weight is 326 g/mol. The Morgan fingerprint density at radius 3 is 2.65 bits per heavy atom. The molecular formula is C17H30N2O4. The molecule has 6 heteroatoms. The minimum atomic E-state index is -0.666. The molecule has 1 aliphatic carbocycles. The maximum Gasteiger partial charge on any atom is 0.410 e. The molecule has 1 saturated heterocycles. The summed E-state index contributed by atoms with van der Waals surface area (Å²) in [5.41, 5.74) is 0. The van der Waals surface area contributed by atoms with Crippen molar-refractivity contribution in [3.63, 3.8) is 0 Å². The standard InChI is InChI=1S/C17H30N2O4/c1-11(2)10-23-17(22)19-9-13(20)8-15(19)16(21)18-14-7-5-4-6-12(14)3/h11-15,20H,4-10H2,1-3H3,(H,18,21)/t12-,13-,14+,15+/m1/s1. The summed E-state index contributed by atoms with van der Waals surface area (Å²) in [6.07, 6.45) is 3.56. The molecule has 0 unspecified atom stereocenters. The highest BCUT2D eigenvalue weighted by molar-refractivity contribution is 5.86. The molecule has 23 heavy (non-hydrogen) atoms. The summed E-state index contributed by atoms with van der Waals surface area (Å²) in [4.78, 5) is 26.1. The van der Waals surface area contributed by atoms with Gasteiger partial charge in [0.2, 0.25) is 5.91 Å². The number of carbonyl (C=O) groups excluding carboxylic acids is 2. The second-order valence-corrected chi connectivity index (χ2v) is 7.41. The number of hydrogen-bond acceptors (Lipinski definition) is 4. The van der Waals surface area contributed by atoms with E-state index in [1.54, 1.807) is 0 Å². The molecule has 2 fully saturated rings. The Balaban J connectivity index is 1.94. The number of carbonyl (C=O) groups is 2. The maximum absolute atomic E-state index is 12.6. The van der Waals surface area contributed by atoms with Gasteiger partial charge in [-0.05, 0) is 24.7 Å². The first-order valence-corrected chi connectivity index (χ1v) is 8.80. The van der Waals surface area contributed by atoms with Gasteiger partial charge in [-0.2, -0.15) is 0 Å². The van der Waals surface area contributed by atoms with Gasteiger partial charge in [0, 0.05) is 12.5 Å². The number of rotatable bonds is 4. The fraction of sp³-hybridized carbons (Fsp3) is 0.882. The summed E-state index contributed by atoms with van der Waals surface area (Å²) < 4.78 is 5.22. The number of ether oxygens (including phenoxy) is 1. The molecule has 0 radical (unpaired) electrons. The van der Waals surface area contributed by atoms with Crippen LogP contribution in [-0.2, 0) is 9.53 Å². The van der Waals surface area contributed by atoms with Gasteiger partial charge in [0.25, 0.3) is 0 Å². The van der Waals surface area contributed by atoms with Crippen molar-refractivity contribution in [2.45, 2.75) is 71.1 Å². The lowest BCUT2D eigenvalue weighted by Gasteiger charge is -2.31. The molecule has 0 aromatic rings. The van der Waals surface area contributed by atoms with Crippen molar-refractivity contribution < 1.29 is 19.4 Å². The minimum Gasteiger partial charge on any atom is -0.449 e. The van der Waals surface area contributed by atoms with E-state index in [2.05, 4.69) is 12.2 Å². The molecule has 132 valence electrons. The van der Waals surface area contributed by atoms with Gasteiger partial charge in [-0.15, -0.1) is 0 Å². The molecule has 1 aliphatic heterocycles. The van der Waals surface area contributed by atoms with Gasteiger partial charge < -0.3 is 15.2 Å². The number of likely N-dealkylation sites (tertiary alicyclic amines) is 1. The second-order valence-electron chi connectivity index (χ2n) is 7.41. The van der Waals surface area contributed by atoms with Gasteiger partial charge in [-0.1, -0.05) is 33.6 Å². The van der Waals surface area contributed by atoms with Gasteiger partial charge in [0.15, 0.2) is 0 Å². The third-order valence-corrected chi connectivity index (χ3v) is 4.80. The van der Waals surface area contributed by atoms with E-state index in [0.717, 1.165) is 19.3 Å². The van der Waals surface area contributed by atoms with Crippen molar-refractivity contribution in [1.82, 2.24) is 10.2 Å². The Morgan fingerprint density at radius 1 is 1.30 bits per heavy atom. The quantitative estimate of drug-likeness (QED) is 0.827. The number of β-amino-alcohol motifs (C(OH)–C–C–N with tert-alkyl or cyclic N) is 1. The van der Waals surface area contributed by atoms with E-state index >= 15 is 0 Å². The zero-order chi connectivity index (χ0) is 17.0. The molecule has 4 atom stereocenters. The van der Waals surface area contributed by atoms with Crippen LogP contribution in [0.5, 0.6) is 0 Å². The Kier molecular flexibility index (Phi) is 6.27. The van der Waals surface area contributed by atoms with Crippen LogP contribution in [0.1, 0.15) is 52.9 Å². The summed E-state index contributed by atoms with van der Waals surface area (Å²) in [6.45, 7) is 6.55. The molecular weight excluding hydrogens is 296 g/mol. The van der Waals surface area contributed by atoms with Crippen molar-refractivity contribution in [3.8, 4) is 0 Å². The largest absolute Gasteiger partial charge is 0.449 e. The molecule has 2 amide bonds. The van der Waals surface area contributed by atoms with E-state index in [4.69, 9.17) is 4.74 Å². The van der Waals surface area contributed by atoms with Gasteiger partial charge in [0.05, 0.1) is 19.3 Å². The van der Waals surface area contributed by atoms with Crippen LogP contribution >= 0.6 is 0 Å². The highest BCUT2D eigenvalue weighted by Crippen LogP contribution is 2.25. The van der Waals surface area contributed by atoms with Crippen LogP contribution in [0.4, 0.5) is 4.79 Å². The fourth-order valence-corrected chi connectivity index (χ4v) is 3.39. The molecule has 2 N–H and O–H groups in total. The number of hydrogen-bond donors (Lipinski definition) is 2. The van der Waals surface area contributed by atoms with Crippen molar-refractivity contribution in [2.75, 3.05) is 13.2 Å². The number of aliphatic hydroxyl groups is 1. The first-order chi connectivity index (χ1) is 10.9. The van der Waals surface area contributed by atoms with Crippen LogP contribution in [0.25, 0.3) is 0 Å². The number of nitrogens with one attached hydrogen (secondary N) is 1. The van der Waals surface area contributed by atoms with Crippen LogP contribution in [0.15, 0.2) is 0 Å². The van der Waals surface area contributed by atoms with Crippen molar-refractivity contribution in [3.05, 3.63) is 0 Å². The summed E-state index contributed by atoms with van der Waals surface area (Å²) >= 11 is 0. The molecule has 1 saturated carbocycles. The zero-order valence-electron chi connectivity index (χ0n) is 14.5. The Hall–Kier alpha value is -1.30. The lowest BCUT2D eigenvalue weighted by Crippen LogP contribution is -2.51. The van der Waals surface area contributed by atoms with E-state index in [9.17, 15) is 14.7 Å². The first-order valence-electron chi connectivity index (χ1n) is 8.80. The molecule has 2 rings (SSSR count). The third-order valence-electron chi connectivity index (χ3n) is 4.80. The highest BCUT2D eigenvalue weighted by atomic mass is 16.6. The van der Waals surface area contributed by atoms with E-state index in [-0.39, 0.29) is 30.8 Å². The monoisotopic (exact) mass is 326 g/mol. The Bertz CT molecular complexity index is 427. The van der Waals surface area contributed by atoms with Crippen LogP contribution < -0.4 is 5.32 Å². The van der Waals surface area contributed by atoms with Crippen LogP contribution in [0.2, 0.25) is 0 Å². The van der Waals surface area contributed by atoms with Gasteiger partial charge in [0.1, 0.15) is 6.04 Å². The fourth-order valence-electron chi connectivity index (χ4n) is 3.39. The maximum atomic E-state index is 12.6. The zero-order valence-corrected chi connectivity index (χ0v) is 14.5. The Labute approximate surface area is 138 Å². The number of nitrogens with zero attached hydrogens (tertiary/aromatic N) is 1. The third kappa shape index (κ3) is 4.83. The lowest BCUT2D eigenvalue weighted by atomic mass is 9.86. The minimum absolute atomic E-state index is 0.162. The SMILES string of the molecule is CC(C)COC(=O)N1C[C@H](O)C[C@H]1C(=O)N[C@H]1CCCC[C@H]1C. The molecule has 0 spiro atoms. The second kappa shape index (κ2) is 7.99. The molecule has 0 aromatic heterocycles. The lowest BCUT2D eigenvalue weighted by molar-refractivity contribution is -0.126. The van der Waals surface area contributed by atoms with Gasteiger partial charge in [-0.3, -0.25) is 9.69 Å². The predicted molar refractivity (Wildman–Crippen MR) is 86.9 cm³/mol. The highest BCUT2D eigenvalue weighted by Gasteiger charge is 2.40. The summed E-state index contributed by atoms with van der Waals surface area (Å²) in [5, 5.41) is 13.0. The van der Waals surface area contributed by atoms with E-state index in [1.807, 2.05) is 13.8 Å². The molecule has 6 nitrogen and oxygen atoms in total. The topological polar surface area (TPSA) is 78.9 Å². The molecule has 0 aromatic carbocycles. The average Bonchev–Trinajstić information content (AvgIpc) is 2.89. The first kappa shape index (κ1) is 18.0. The van der Waals surface area contributed by atoms with Gasteiger partial charge in [-0.25, -0.2) is 4.79 Å². The van der Waals surface area contributed by atoms with Crippen LogP contribution in [0.3, 0.4) is 0 Å². The van der Waals surface area contributed by atoms with E-state index in [1.165, 1.54) is 11.3 Å². The molecule has 0 bridgehead atoms. The summed E-state index contributed by atoms with van der Waals surface area (Å²) in [6, 6.07) is -0.457. The molecule has 2 aliphatic rings. The van der Waals surface area contributed by atoms with Crippen LogP contribution in [-0.4, -0.2) is 53.3 Å². The molecule has 1 heterocycles. The van der Waals surface area contributed by atoms with E-state index in [0.29, 0.717) is 12.5 Å². The summed E-state index contributed by atoms with van der Waals surface area (Å²) in [5.74, 6) is 0.531. The van der Waals surface area contributed by atoms with Crippen LogP contribution in [0, 0.1) is 11.8 Å². The van der Waals surface area contributed by atoms with Crippen molar-refractivity contribution >= 4 is 12.0 Å². The number of aliphatic hydroxyl groups excluding tert-OH is 1. The number of amides is 2. The van der Waals surface area contributed by atoms with E-state index < -0.39 is 18.2 Å².